The van der Waals surface area contributed by atoms with Gasteiger partial charge in [-0.1, -0.05) is 34.3 Å². The number of hydrogen-bond donors (Lipinski definition) is 1. The second kappa shape index (κ2) is 11.0. The van der Waals surface area contributed by atoms with Crippen molar-refractivity contribution in [2.45, 2.75) is 70.1 Å². The number of alkyl halides is 2. The molecule has 1 aliphatic rings. The van der Waals surface area contributed by atoms with E-state index in [0.717, 1.165) is 12.3 Å². The van der Waals surface area contributed by atoms with E-state index in [1.54, 1.807) is 6.92 Å². The van der Waals surface area contributed by atoms with Crippen LogP contribution in [-0.4, -0.2) is 67.1 Å². The normalized spacial score (nSPS) is 22.7. The zero-order chi connectivity index (χ0) is 25.0. The van der Waals surface area contributed by atoms with Gasteiger partial charge in [0.05, 0.1) is 13.2 Å². The maximum absolute atomic E-state index is 14.8. The maximum atomic E-state index is 14.8. The molecule has 1 aromatic heterocycles. The van der Waals surface area contributed by atoms with Crippen LogP contribution in [0.4, 0.5) is 8.78 Å². The number of hydrogen-bond acceptors (Lipinski definition) is 8. The lowest BCUT2D eigenvalue weighted by molar-refractivity contribution is -0.141. The van der Waals surface area contributed by atoms with E-state index in [1.165, 1.54) is 6.07 Å². The first-order chi connectivity index (χ1) is 15.4. The summed E-state index contributed by atoms with van der Waals surface area (Å²) < 4.78 is 52.8. The highest BCUT2D eigenvalue weighted by Crippen LogP contribution is 2.43. The van der Waals surface area contributed by atoms with Crippen molar-refractivity contribution in [1.29, 1.82) is 0 Å². The molecule has 1 aliphatic heterocycles. The highest BCUT2D eigenvalue weighted by Gasteiger charge is 2.60. The monoisotopic (exact) mass is 490 g/mol. The summed E-state index contributed by atoms with van der Waals surface area (Å²) in [4.78, 5) is 27.0. The molecule has 1 saturated heterocycles. The minimum Gasteiger partial charge on any atom is -0.460 e. The molecule has 1 N–H and O–H groups in total. The van der Waals surface area contributed by atoms with Crippen LogP contribution in [0.25, 0.3) is 0 Å². The zero-order valence-electron chi connectivity index (χ0n) is 19.5. The van der Waals surface area contributed by atoms with Gasteiger partial charge >= 0.3 is 26.1 Å². The zero-order valence-corrected chi connectivity index (χ0v) is 20.5. The predicted molar refractivity (Wildman–Crippen MR) is 117 cm³/mol. The minimum absolute atomic E-state index is 0.0194. The van der Waals surface area contributed by atoms with E-state index in [-0.39, 0.29) is 30.9 Å². The van der Waals surface area contributed by atoms with E-state index in [1.807, 2.05) is 27.7 Å². The van der Waals surface area contributed by atoms with Crippen LogP contribution in [0.15, 0.2) is 29.7 Å². The summed E-state index contributed by atoms with van der Waals surface area (Å²) in [6.45, 7) is 12.1. The molecular formula is C21H32F2N2O7Si. The van der Waals surface area contributed by atoms with E-state index in [9.17, 15) is 23.5 Å². The fraction of sp³-hybridized carbons (Fsp3) is 0.667. The Kier molecular flexibility index (Phi) is 9.05. The van der Waals surface area contributed by atoms with Crippen molar-refractivity contribution < 1.29 is 37.0 Å². The molecule has 0 saturated carbocycles. The summed E-state index contributed by atoms with van der Waals surface area (Å²) in [5.74, 6) is -4.33. The van der Waals surface area contributed by atoms with Gasteiger partial charge in [-0.25, -0.2) is 9.59 Å². The Morgan fingerprint density at radius 1 is 1.33 bits per heavy atom. The van der Waals surface area contributed by atoms with Gasteiger partial charge in [-0.2, -0.15) is 13.8 Å². The maximum Gasteiger partial charge on any atom is 0.350 e. The minimum atomic E-state index is -3.74. The molecule has 0 unspecified atom stereocenters. The van der Waals surface area contributed by atoms with Crippen molar-refractivity contribution in [3.05, 3.63) is 41.1 Å². The Bertz CT molecular complexity index is 886. The number of esters is 1. The van der Waals surface area contributed by atoms with Crippen molar-refractivity contribution in [3.63, 3.8) is 0 Å². The van der Waals surface area contributed by atoms with Gasteiger partial charge in [0, 0.05) is 18.0 Å². The second-order valence-corrected chi connectivity index (χ2v) is 12.8. The third-order valence-electron chi connectivity index (χ3n) is 5.51. The molecule has 2 rings (SSSR count). The summed E-state index contributed by atoms with van der Waals surface area (Å²) >= 11 is 0. The van der Waals surface area contributed by atoms with Crippen LogP contribution < -0.4 is 5.69 Å². The largest absolute Gasteiger partial charge is 0.460 e. The molecule has 12 heteroatoms. The Hall–Kier alpha value is -1.99. The summed E-state index contributed by atoms with van der Waals surface area (Å²) in [7, 11) is -3.03. The lowest BCUT2D eigenvalue weighted by atomic mass is 10.1. The van der Waals surface area contributed by atoms with Crippen LogP contribution in [0.3, 0.4) is 0 Å². The van der Waals surface area contributed by atoms with Gasteiger partial charge in [0.2, 0.25) is 6.23 Å². The topological polar surface area (TPSA) is 109 Å². The van der Waals surface area contributed by atoms with Crippen LogP contribution >= 0.6 is 0 Å². The molecule has 0 bridgehead atoms. The first-order valence-corrected chi connectivity index (χ1v) is 12.7. The van der Waals surface area contributed by atoms with E-state index < -0.39 is 44.6 Å². The fourth-order valence-corrected chi connectivity index (χ4v) is 7.35. The Labute approximate surface area is 192 Å². The number of aryl methyl sites for hydroxylation is 1. The molecular weight excluding hydrogens is 458 g/mol. The van der Waals surface area contributed by atoms with Gasteiger partial charge in [-0.15, -0.1) is 0 Å². The number of aromatic nitrogens is 2. The number of nitrogens with zero attached hydrogens (tertiary/aromatic N) is 2. The van der Waals surface area contributed by atoms with Gasteiger partial charge in [0.15, 0.2) is 6.10 Å². The highest BCUT2D eigenvalue weighted by atomic mass is 28.4. The SMILES string of the molecule is C=CC(=O)OCCO[Si](OC[C@H]1O[C@@H](n2ccc(C)nc2=O)C(F)(F)[C@@H]1O)(C(C)C)C(C)C. The van der Waals surface area contributed by atoms with Crippen LogP contribution in [0, 0.1) is 6.92 Å². The number of aliphatic hydroxyl groups excluding tert-OH is 1. The molecule has 1 aromatic rings. The molecule has 0 aromatic carbocycles. The molecule has 9 nitrogen and oxygen atoms in total. The summed E-state index contributed by atoms with van der Waals surface area (Å²) in [6, 6.07) is 1.40. The summed E-state index contributed by atoms with van der Waals surface area (Å²) in [6.07, 6.45) is -3.42. The molecule has 186 valence electrons. The van der Waals surface area contributed by atoms with Crippen molar-refractivity contribution in [2.75, 3.05) is 19.8 Å². The lowest BCUT2D eigenvalue weighted by Gasteiger charge is -2.38. The third-order valence-corrected chi connectivity index (χ3v) is 10.00. The highest BCUT2D eigenvalue weighted by molar-refractivity contribution is 6.70. The van der Waals surface area contributed by atoms with Gasteiger partial charge in [-0.05, 0) is 24.1 Å². The Balaban J connectivity index is 2.16. The average Bonchev–Trinajstić information content (AvgIpc) is 2.96. The van der Waals surface area contributed by atoms with Gasteiger partial charge in [-0.3, -0.25) is 4.57 Å². The van der Waals surface area contributed by atoms with Crippen LogP contribution in [-0.2, 0) is 23.1 Å². The fourth-order valence-electron chi connectivity index (χ4n) is 3.77. The molecule has 0 aliphatic carbocycles. The van der Waals surface area contributed by atoms with Gasteiger partial charge in [0.25, 0.3) is 0 Å². The number of halogens is 2. The van der Waals surface area contributed by atoms with Gasteiger partial charge < -0.3 is 23.4 Å². The standard InChI is InChI=1S/C21H32F2N2O7Si/c1-7-17(26)29-10-11-30-33(13(2)3,14(4)5)31-12-16-18(27)21(22,23)19(32-16)25-9-8-15(6)24-20(25)28/h7-9,13-14,16,18-19,27H,1,10-12H2,2-6H3/t16-,18-,19-/m1/s1. The number of aliphatic hydroxyl groups is 1. The smallest absolute Gasteiger partial charge is 0.350 e. The van der Waals surface area contributed by atoms with Crippen LogP contribution in [0.5, 0.6) is 0 Å². The Morgan fingerprint density at radius 3 is 2.52 bits per heavy atom. The van der Waals surface area contributed by atoms with Crippen LogP contribution in [0.1, 0.15) is 39.6 Å². The molecule has 1 fully saturated rings. The quantitative estimate of drug-likeness (QED) is 0.218. The summed E-state index contributed by atoms with van der Waals surface area (Å²) in [5, 5.41) is 10.3. The number of carbonyl (C=O) groups is 1. The summed E-state index contributed by atoms with van der Waals surface area (Å²) in [5.41, 5.74) is -0.713. The Morgan fingerprint density at radius 2 is 1.97 bits per heavy atom. The first kappa shape index (κ1) is 27.3. The lowest BCUT2D eigenvalue weighted by Crippen LogP contribution is -2.51. The van der Waals surface area contributed by atoms with E-state index >= 15 is 0 Å². The van der Waals surface area contributed by atoms with Crippen molar-refractivity contribution >= 4 is 14.5 Å². The van der Waals surface area contributed by atoms with E-state index in [2.05, 4.69) is 11.6 Å². The molecule has 3 atom stereocenters. The predicted octanol–water partition coefficient (Wildman–Crippen LogP) is 2.47. The molecule has 0 spiro atoms. The van der Waals surface area contributed by atoms with Crippen molar-refractivity contribution in [1.82, 2.24) is 9.55 Å². The van der Waals surface area contributed by atoms with Crippen molar-refractivity contribution in [2.24, 2.45) is 0 Å². The van der Waals surface area contributed by atoms with E-state index in [4.69, 9.17) is 18.3 Å². The first-order valence-electron chi connectivity index (χ1n) is 10.7. The molecule has 0 amide bonds. The number of rotatable bonds is 11. The van der Waals surface area contributed by atoms with Crippen LogP contribution in [0.2, 0.25) is 11.1 Å². The van der Waals surface area contributed by atoms with Crippen molar-refractivity contribution in [3.8, 4) is 0 Å². The molecule has 33 heavy (non-hydrogen) atoms. The second-order valence-electron chi connectivity index (χ2n) is 8.47. The molecule has 0 radical (unpaired) electrons. The van der Waals surface area contributed by atoms with Gasteiger partial charge in [0.1, 0.15) is 12.7 Å². The number of ether oxygens (including phenoxy) is 2. The third kappa shape index (κ3) is 5.93. The molecule has 2 heterocycles. The van der Waals surface area contributed by atoms with E-state index in [0.29, 0.717) is 10.3 Å². The number of carbonyl (C=O) groups excluding carboxylic acids is 1. The average molecular weight is 491 g/mol.